The normalized spacial score (nSPS) is 17.2. The number of likely N-dealkylation sites (tertiary alicyclic amines) is 1. The molecule has 1 atom stereocenters. The number of hydrogen-bond acceptors (Lipinski definition) is 5. The topological polar surface area (TPSA) is 62.3 Å². The van der Waals surface area contributed by atoms with E-state index in [0.717, 1.165) is 34.8 Å². The lowest BCUT2D eigenvalue weighted by atomic mass is 10.2. The van der Waals surface area contributed by atoms with E-state index in [1.54, 1.807) is 27.6 Å². The Balaban J connectivity index is 1.56. The summed E-state index contributed by atoms with van der Waals surface area (Å²) in [4.78, 5) is 32.0. The molecule has 1 aliphatic heterocycles. The first kappa shape index (κ1) is 17.1. The molecule has 0 aliphatic carbocycles. The summed E-state index contributed by atoms with van der Waals surface area (Å²) in [5, 5.41) is 7.93. The minimum atomic E-state index is -0.320. The minimum Gasteiger partial charge on any atom is -0.349 e. The van der Waals surface area contributed by atoms with Gasteiger partial charge in [-0.2, -0.15) is 0 Å². The summed E-state index contributed by atoms with van der Waals surface area (Å²) in [5.41, 5.74) is 0.862. The number of hydrogen-bond donors (Lipinski definition) is 1. The van der Waals surface area contributed by atoms with Gasteiger partial charge in [0.2, 0.25) is 11.8 Å². The van der Waals surface area contributed by atoms with E-state index in [-0.39, 0.29) is 17.9 Å². The zero-order valence-corrected chi connectivity index (χ0v) is 15.3. The highest BCUT2D eigenvalue weighted by atomic mass is 32.1. The first-order chi connectivity index (χ1) is 11.7. The van der Waals surface area contributed by atoms with Crippen LogP contribution >= 0.6 is 22.7 Å². The molecule has 3 rings (SSSR count). The van der Waals surface area contributed by atoms with Crippen LogP contribution < -0.4 is 5.32 Å². The summed E-state index contributed by atoms with van der Waals surface area (Å²) in [6.45, 7) is 3.08. The van der Waals surface area contributed by atoms with Crippen molar-refractivity contribution in [3.8, 4) is 9.88 Å². The average molecular weight is 364 g/mol. The third-order valence-electron chi connectivity index (χ3n) is 4.07. The van der Waals surface area contributed by atoms with Crippen LogP contribution in [0, 0.1) is 0 Å². The van der Waals surface area contributed by atoms with Crippen molar-refractivity contribution < 1.29 is 9.59 Å². The molecule has 1 aliphatic rings. The predicted molar refractivity (Wildman–Crippen MR) is 96.9 cm³/mol. The fraction of sp³-hybridized carbons (Fsp3) is 0.471. The van der Waals surface area contributed by atoms with E-state index in [1.165, 1.54) is 0 Å². The Morgan fingerprint density at radius 3 is 3.04 bits per heavy atom. The highest BCUT2D eigenvalue weighted by Crippen LogP contribution is 2.27. The summed E-state index contributed by atoms with van der Waals surface area (Å²) < 4.78 is 0. The number of thiazole rings is 1. The lowest BCUT2D eigenvalue weighted by Crippen LogP contribution is -2.45. The molecule has 1 fully saturated rings. The maximum absolute atomic E-state index is 12.4. The Bertz CT molecular complexity index is 697. The molecule has 5 nitrogen and oxygen atoms in total. The number of nitrogens with one attached hydrogen (secondary N) is 1. The van der Waals surface area contributed by atoms with Gasteiger partial charge in [0.05, 0.1) is 17.1 Å². The average Bonchev–Trinajstić information content (AvgIpc) is 3.33. The molecule has 2 aromatic rings. The van der Waals surface area contributed by atoms with E-state index in [1.807, 2.05) is 29.8 Å². The van der Waals surface area contributed by atoms with Crippen molar-refractivity contribution in [2.24, 2.45) is 0 Å². The third kappa shape index (κ3) is 3.84. The van der Waals surface area contributed by atoms with Crippen LogP contribution in [-0.2, 0) is 16.1 Å². The molecule has 24 heavy (non-hydrogen) atoms. The molecule has 0 saturated carbocycles. The second-order valence-corrected chi connectivity index (χ2v) is 7.64. The van der Waals surface area contributed by atoms with Crippen LogP contribution in [-0.4, -0.2) is 34.3 Å². The van der Waals surface area contributed by atoms with Gasteiger partial charge in [0.1, 0.15) is 11.0 Å². The molecule has 0 radical (unpaired) electrons. The number of carbonyl (C=O) groups is 2. The van der Waals surface area contributed by atoms with Crippen LogP contribution in [0.15, 0.2) is 22.9 Å². The maximum atomic E-state index is 12.4. The number of thiophene rings is 1. The van der Waals surface area contributed by atoms with E-state index in [4.69, 9.17) is 0 Å². The first-order valence-electron chi connectivity index (χ1n) is 8.24. The van der Waals surface area contributed by atoms with Gasteiger partial charge in [-0.1, -0.05) is 13.0 Å². The van der Waals surface area contributed by atoms with Gasteiger partial charge in [-0.05, 0) is 30.7 Å². The number of carbonyl (C=O) groups excluding carboxylic acids is 2. The zero-order valence-electron chi connectivity index (χ0n) is 13.7. The predicted octanol–water partition coefficient (Wildman–Crippen LogP) is 3.28. The van der Waals surface area contributed by atoms with Crippen molar-refractivity contribution in [1.82, 2.24) is 15.2 Å². The zero-order chi connectivity index (χ0) is 16.9. The van der Waals surface area contributed by atoms with Crippen LogP contribution in [0.4, 0.5) is 0 Å². The number of amides is 2. The lowest BCUT2D eigenvalue weighted by Gasteiger charge is -2.23. The molecular weight excluding hydrogens is 342 g/mol. The van der Waals surface area contributed by atoms with E-state index >= 15 is 0 Å². The second-order valence-electron chi connectivity index (χ2n) is 5.83. The van der Waals surface area contributed by atoms with Crippen molar-refractivity contribution >= 4 is 34.5 Å². The van der Waals surface area contributed by atoms with Crippen LogP contribution in [0.2, 0.25) is 0 Å². The molecule has 1 N–H and O–H groups in total. The molecule has 1 saturated heterocycles. The summed E-state index contributed by atoms with van der Waals surface area (Å²) in [6.07, 6.45) is 2.97. The molecule has 0 aromatic carbocycles. The molecule has 2 amide bonds. The van der Waals surface area contributed by atoms with Gasteiger partial charge in [0.15, 0.2) is 0 Å². The molecule has 2 aromatic heterocycles. The van der Waals surface area contributed by atoms with Gasteiger partial charge in [0, 0.05) is 18.3 Å². The third-order valence-corrected chi connectivity index (χ3v) is 6.00. The van der Waals surface area contributed by atoms with Crippen LogP contribution in [0.3, 0.4) is 0 Å². The molecular formula is C17H21N3O2S2. The Labute approximate surface area is 149 Å². The van der Waals surface area contributed by atoms with Gasteiger partial charge < -0.3 is 10.2 Å². The fourth-order valence-corrected chi connectivity index (χ4v) is 4.53. The second kappa shape index (κ2) is 7.90. The van der Waals surface area contributed by atoms with E-state index in [2.05, 4.69) is 10.3 Å². The highest BCUT2D eigenvalue weighted by Gasteiger charge is 2.33. The molecule has 1 unspecified atom stereocenters. The van der Waals surface area contributed by atoms with Crippen LogP contribution in [0.1, 0.15) is 38.3 Å². The minimum absolute atomic E-state index is 0.0670. The Hall–Kier alpha value is -1.73. The highest BCUT2D eigenvalue weighted by molar-refractivity contribution is 7.20. The lowest BCUT2D eigenvalue weighted by molar-refractivity contribution is -0.138. The summed E-state index contributed by atoms with van der Waals surface area (Å²) in [7, 11) is 0. The van der Waals surface area contributed by atoms with Gasteiger partial charge in [-0.3, -0.25) is 9.59 Å². The van der Waals surface area contributed by atoms with Crippen LogP contribution in [0.5, 0.6) is 0 Å². The first-order valence-corrected chi connectivity index (χ1v) is 10.0. The standard InChI is InChI=1S/C17H21N3O2S2/c1-2-5-15(21)20-8-3-6-13(20)16(22)18-10-12-11-24-17(19-12)14-7-4-9-23-14/h4,7,9,11,13H,2-3,5-6,8,10H2,1H3,(H,18,22). The molecule has 3 heterocycles. The largest absolute Gasteiger partial charge is 0.349 e. The van der Waals surface area contributed by atoms with Crippen molar-refractivity contribution in [2.45, 2.75) is 45.2 Å². The van der Waals surface area contributed by atoms with Gasteiger partial charge in [0.25, 0.3) is 0 Å². The summed E-state index contributed by atoms with van der Waals surface area (Å²) in [5.74, 6) is 0.0198. The SMILES string of the molecule is CCCC(=O)N1CCCC1C(=O)NCc1csc(-c2cccs2)n1. The van der Waals surface area contributed by atoms with Gasteiger partial charge >= 0.3 is 0 Å². The molecule has 128 valence electrons. The maximum Gasteiger partial charge on any atom is 0.243 e. The van der Waals surface area contributed by atoms with Crippen molar-refractivity contribution in [1.29, 1.82) is 0 Å². The number of nitrogens with zero attached hydrogens (tertiary/aromatic N) is 2. The van der Waals surface area contributed by atoms with E-state index < -0.39 is 0 Å². The quantitative estimate of drug-likeness (QED) is 0.857. The molecule has 0 spiro atoms. The van der Waals surface area contributed by atoms with Crippen molar-refractivity contribution in [3.05, 3.63) is 28.6 Å². The Morgan fingerprint density at radius 1 is 1.42 bits per heavy atom. The van der Waals surface area contributed by atoms with Crippen molar-refractivity contribution in [2.75, 3.05) is 6.54 Å². The van der Waals surface area contributed by atoms with Crippen LogP contribution in [0.25, 0.3) is 9.88 Å². The number of aromatic nitrogens is 1. The smallest absolute Gasteiger partial charge is 0.243 e. The van der Waals surface area contributed by atoms with E-state index in [9.17, 15) is 9.59 Å². The molecule has 0 bridgehead atoms. The number of rotatable bonds is 6. The fourth-order valence-electron chi connectivity index (χ4n) is 2.89. The van der Waals surface area contributed by atoms with E-state index in [0.29, 0.717) is 19.5 Å². The summed E-state index contributed by atoms with van der Waals surface area (Å²) in [6, 6.07) is 3.73. The molecule has 7 heteroatoms. The Kier molecular flexibility index (Phi) is 5.63. The monoisotopic (exact) mass is 363 g/mol. The van der Waals surface area contributed by atoms with Crippen molar-refractivity contribution in [3.63, 3.8) is 0 Å². The summed E-state index contributed by atoms with van der Waals surface area (Å²) >= 11 is 3.25. The van der Waals surface area contributed by atoms with Gasteiger partial charge in [-0.25, -0.2) is 4.98 Å². The van der Waals surface area contributed by atoms with Gasteiger partial charge in [-0.15, -0.1) is 22.7 Å². The Morgan fingerprint density at radius 2 is 2.29 bits per heavy atom.